The van der Waals surface area contributed by atoms with Gasteiger partial charge in [-0.25, -0.2) is 0 Å². The van der Waals surface area contributed by atoms with E-state index in [0.29, 0.717) is 6.54 Å². The number of amides is 1. The standard InChI is InChI=1S/C15H20N2O2/c1-11(2)16(3)15(19)9-17-8-7-13-12(10-18)5-4-6-14(13)17/h4-8,11,18H,9-10H2,1-3H3. The highest BCUT2D eigenvalue weighted by atomic mass is 16.3. The molecule has 1 amide bonds. The summed E-state index contributed by atoms with van der Waals surface area (Å²) in [4.78, 5) is 13.8. The fourth-order valence-electron chi connectivity index (χ4n) is 2.11. The maximum atomic E-state index is 12.1. The third-order valence-electron chi connectivity index (χ3n) is 3.55. The Bertz CT molecular complexity index is 587. The molecule has 1 aromatic carbocycles. The fourth-order valence-corrected chi connectivity index (χ4v) is 2.11. The summed E-state index contributed by atoms with van der Waals surface area (Å²) in [5.74, 6) is 0.0851. The number of hydrogen-bond acceptors (Lipinski definition) is 2. The van der Waals surface area contributed by atoms with E-state index in [0.717, 1.165) is 16.5 Å². The van der Waals surface area contributed by atoms with E-state index in [4.69, 9.17) is 0 Å². The molecule has 0 spiro atoms. The summed E-state index contributed by atoms with van der Waals surface area (Å²) in [6.07, 6.45) is 1.90. The molecule has 0 radical (unpaired) electrons. The van der Waals surface area contributed by atoms with Crippen LogP contribution in [0.5, 0.6) is 0 Å². The highest BCUT2D eigenvalue weighted by molar-refractivity contribution is 5.85. The summed E-state index contributed by atoms with van der Waals surface area (Å²) in [7, 11) is 1.82. The highest BCUT2D eigenvalue weighted by Crippen LogP contribution is 2.20. The molecule has 0 atom stereocenters. The minimum Gasteiger partial charge on any atom is -0.392 e. The molecule has 0 saturated heterocycles. The molecular formula is C15H20N2O2. The smallest absolute Gasteiger partial charge is 0.242 e. The number of likely N-dealkylation sites (N-methyl/N-ethyl adjacent to an activating group) is 1. The van der Waals surface area contributed by atoms with Crippen LogP contribution in [0.4, 0.5) is 0 Å². The Morgan fingerprint density at radius 3 is 2.74 bits per heavy atom. The molecule has 19 heavy (non-hydrogen) atoms. The van der Waals surface area contributed by atoms with Gasteiger partial charge >= 0.3 is 0 Å². The van der Waals surface area contributed by atoms with Crippen molar-refractivity contribution in [1.29, 1.82) is 0 Å². The molecular weight excluding hydrogens is 240 g/mol. The summed E-state index contributed by atoms with van der Waals surface area (Å²) in [5, 5.41) is 10.3. The minimum atomic E-state index is 0.0151. The number of aliphatic hydroxyl groups excluding tert-OH is 1. The third kappa shape index (κ3) is 2.63. The van der Waals surface area contributed by atoms with Gasteiger partial charge in [-0.2, -0.15) is 0 Å². The zero-order chi connectivity index (χ0) is 14.0. The van der Waals surface area contributed by atoms with E-state index < -0.39 is 0 Å². The summed E-state index contributed by atoms with van der Waals surface area (Å²) in [6, 6.07) is 7.92. The van der Waals surface area contributed by atoms with Crippen molar-refractivity contribution in [3.63, 3.8) is 0 Å². The number of aliphatic hydroxyl groups is 1. The number of carbonyl (C=O) groups is 1. The largest absolute Gasteiger partial charge is 0.392 e. The number of hydrogen-bond donors (Lipinski definition) is 1. The molecule has 0 fully saturated rings. The molecule has 1 heterocycles. The molecule has 1 aromatic heterocycles. The number of fused-ring (bicyclic) bond motifs is 1. The topological polar surface area (TPSA) is 45.5 Å². The maximum absolute atomic E-state index is 12.1. The Morgan fingerprint density at radius 1 is 1.37 bits per heavy atom. The van der Waals surface area contributed by atoms with Crippen LogP contribution in [0, 0.1) is 0 Å². The van der Waals surface area contributed by atoms with Gasteiger partial charge in [-0.05, 0) is 31.5 Å². The van der Waals surface area contributed by atoms with E-state index >= 15 is 0 Å². The molecule has 1 N–H and O–H groups in total. The van der Waals surface area contributed by atoms with E-state index in [1.165, 1.54) is 0 Å². The van der Waals surface area contributed by atoms with Crippen molar-refractivity contribution in [1.82, 2.24) is 9.47 Å². The van der Waals surface area contributed by atoms with Crippen LogP contribution < -0.4 is 0 Å². The minimum absolute atomic E-state index is 0.0151. The Hall–Kier alpha value is -1.81. The van der Waals surface area contributed by atoms with E-state index in [2.05, 4.69) is 0 Å². The summed E-state index contributed by atoms with van der Waals surface area (Å²) < 4.78 is 1.93. The van der Waals surface area contributed by atoms with Gasteiger partial charge in [-0.15, -0.1) is 0 Å². The second-order valence-electron chi connectivity index (χ2n) is 5.05. The van der Waals surface area contributed by atoms with Gasteiger partial charge in [0.05, 0.1) is 6.61 Å². The molecule has 4 heteroatoms. The third-order valence-corrected chi connectivity index (χ3v) is 3.55. The number of nitrogens with zero attached hydrogens (tertiary/aromatic N) is 2. The monoisotopic (exact) mass is 260 g/mol. The van der Waals surface area contributed by atoms with Crippen LogP contribution in [0.25, 0.3) is 10.9 Å². The van der Waals surface area contributed by atoms with Crippen LogP contribution in [0.2, 0.25) is 0 Å². The van der Waals surface area contributed by atoms with Gasteiger partial charge in [0.15, 0.2) is 0 Å². The number of rotatable bonds is 4. The summed E-state index contributed by atoms with van der Waals surface area (Å²) >= 11 is 0. The Kier molecular flexibility index (Phi) is 3.90. The van der Waals surface area contributed by atoms with Crippen molar-refractivity contribution < 1.29 is 9.90 Å². The molecule has 2 aromatic rings. The van der Waals surface area contributed by atoms with Crippen LogP contribution >= 0.6 is 0 Å². The van der Waals surface area contributed by atoms with Gasteiger partial charge in [0.25, 0.3) is 0 Å². The van der Waals surface area contributed by atoms with E-state index in [9.17, 15) is 9.90 Å². The molecule has 102 valence electrons. The SMILES string of the molecule is CC(C)N(C)C(=O)Cn1ccc2c(CO)cccc21. The first kappa shape index (κ1) is 13.6. The van der Waals surface area contributed by atoms with Gasteiger partial charge in [0.2, 0.25) is 5.91 Å². The first-order valence-electron chi connectivity index (χ1n) is 6.48. The van der Waals surface area contributed by atoms with Gasteiger partial charge < -0.3 is 14.6 Å². The highest BCUT2D eigenvalue weighted by Gasteiger charge is 2.14. The van der Waals surface area contributed by atoms with Crippen LogP contribution in [0.15, 0.2) is 30.5 Å². The van der Waals surface area contributed by atoms with Crippen molar-refractivity contribution in [3.8, 4) is 0 Å². The lowest BCUT2D eigenvalue weighted by Crippen LogP contribution is -2.35. The average molecular weight is 260 g/mol. The Balaban J connectivity index is 2.29. The quantitative estimate of drug-likeness (QED) is 0.914. The zero-order valence-corrected chi connectivity index (χ0v) is 11.6. The van der Waals surface area contributed by atoms with Crippen LogP contribution in [0.3, 0.4) is 0 Å². The molecule has 0 aliphatic heterocycles. The first-order valence-corrected chi connectivity index (χ1v) is 6.48. The van der Waals surface area contributed by atoms with Gasteiger partial charge in [0, 0.05) is 30.2 Å². The van der Waals surface area contributed by atoms with Crippen molar-refractivity contribution in [2.45, 2.75) is 33.0 Å². The van der Waals surface area contributed by atoms with E-state index in [-0.39, 0.29) is 18.6 Å². The van der Waals surface area contributed by atoms with Crippen LogP contribution in [0.1, 0.15) is 19.4 Å². The lowest BCUT2D eigenvalue weighted by molar-refractivity contribution is -0.131. The normalized spacial score (nSPS) is 11.2. The molecule has 0 aliphatic rings. The lowest BCUT2D eigenvalue weighted by atomic mass is 10.1. The number of aromatic nitrogens is 1. The zero-order valence-electron chi connectivity index (χ0n) is 11.6. The predicted molar refractivity (Wildman–Crippen MR) is 75.8 cm³/mol. The Morgan fingerprint density at radius 2 is 2.11 bits per heavy atom. The lowest BCUT2D eigenvalue weighted by Gasteiger charge is -2.21. The summed E-state index contributed by atoms with van der Waals surface area (Å²) in [6.45, 7) is 4.33. The molecule has 4 nitrogen and oxygen atoms in total. The van der Waals surface area contributed by atoms with Gasteiger partial charge in [-0.1, -0.05) is 12.1 Å². The van der Waals surface area contributed by atoms with Gasteiger partial charge in [-0.3, -0.25) is 4.79 Å². The van der Waals surface area contributed by atoms with Crippen molar-refractivity contribution in [2.75, 3.05) is 7.05 Å². The van der Waals surface area contributed by atoms with Crippen LogP contribution in [-0.4, -0.2) is 33.6 Å². The predicted octanol–water partition coefficient (Wildman–Crippen LogP) is 2.00. The molecule has 0 unspecified atom stereocenters. The summed E-state index contributed by atoms with van der Waals surface area (Å²) in [5.41, 5.74) is 1.87. The van der Waals surface area contributed by atoms with Crippen LogP contribution in [-0.2, 0) is 17.9 Å². The molecule has 0 saturated carbocycles. The molecule has 0 bridgehead atoms. The average Bonchev–Trinajstić information content (AvgIpc) is 2.80. The van der Waals surface area contributed by atoms with E-state index in [1.54, 1.807) is 4.90 Å². The maximum Gasteiger partial charge on any atom is 0.242 e. The number of carbonyl (C=O) groups excluding carboxylic acids is 1. The van der Waals surface area contributed by atoms with E-state index in [1.807, 2.05) is 55.9 Å². The second-order valence-corrected chi connectivity index (χ2v) is 5.05. The number of benzene rings is 1. The molecule has 2 rings (SSSR count). The van der Waals surface area contributed by atoms with Crippen molar-refractivity contribution >= 4 is 16.8 Å². The first-order chi connectivity index (χ1) is 9.04. The van der Waals surface area contributed by atoms with Gasteiger partial charge in [0.1, 0.15) is 6.54 Å². The second kappa shape index (κ2) is 5.45. The molecule has 0 aliphatic carbocycles. The van der Waals surface area contributed by atoms with Crippen molar-refractivity contribution in [3.05, 3.63) is 36.0 Å². The fraction of sp³-hybridized carbons (Fsp3) is 0.400. The Labute approximate surface area is 113 Å². The van der Waals surface area contributed by atoms with Crippen molar-refractivity contribution in [2.24, 2.45) is 0 Å².